The lowest BCUT2D eigenvalue weighted by molar-refractivity contribution is 0.0760. The smallest absolute Gasteiger partial charge is 0.275 e. The number of amides is 1. The Bertz CT molecular complexity index is 679. The summed E-state index contributed by atoms with van der Waals surface area (Å²) >= 11 is 11.9. The van der Waals surface area contributed by atoms with Crippen LogP contribution in [0.4, 0.5) is 0 Å². The Hall–Kier alpha value is -1.56. The summed E-state index contributed by atoms with van der Waals surface area (Å²) in [6.45, 7) is 3.12. The average Bonchev–Trinajstić information content (AvgIpc) is 2.85. The van der Waals surface area contributed by atoms with E-state index in [1.165, 1.54) is 6.26 Å². The van der Waals surface area contributed by atoms with Crippen LogP contribution in [0.2, 0.25) is 10.0 Å². The summed E-state index contributed by atoms with van der Waals surface area (Å²) in [5.74, 6) is 0.244. The van der Waals surface area contributed by atoms with E-state index in [4.69, 9.17) is 27.6 Å². The number of benzene rings is 1. The number of carbonyl (C=O) groups is 1. The third kappa shape index (κ3) is 3.27. The topological polar surface area (TPSA) is 58.4 Å². The number of nitrogens with one attached hydrogen (secondary N) is 1. The SMILES string of the molecule is O=C(c1coc(-c2ccc(Cl)c(Cl)c2)n1)N1CCCNCC1. The van der Waals surface area contributed by atoms with Crippen molar-refractivity contribution in [3.8, 4) is 11.5 Å². The molecule has 0 spiro atoms. The minimum atomic E-state index is -0.112. The first-order valence-corrected chi connectivity index (χ1v) is 7.81. The zero-order valence-electron chi connectivity index (χ0n) is 11.8. The quantitative estimate of drug-likeness (QED) is 0.913. The summed E-state index contributed by atoms with van der Waals surface area (Å²) in [5.41, 5.74) is 0.994. The molecule has 1 amide bonds. The monoisotopic (exact) mass is 339 g/mol. The van der Waals surface area contributed by atoms with Crippen LogP contribution in [0.1, 0.15) is 16.9 Å². The fourth-order valence-electron chi connectivity index (χ4n) is 2.34. The number of oxazole rings is 1. The molecule has 2 heterocycles. The van der Waals surface area contributed by atoms with Crippen molar-refractivity contribution in [3.63, 3.8) is 0 Å². The van der Waals surface area contributed by atoms with Crippen LogP contribution in [0, 0.1) is 0 Å². The summed E-state index contributed by atoms with van der Waals surface area (Å²) in [6, 6.07) is 5.09. The van der Waals surface area contributed by atoms with Gasteiger partial charge in [0.15, 0.2) is 5.69 Å². The molecule has 2 aromatic rings. The van der Waals surface area contributed by atoms with Crippen LogP contribution in [0.15, 0.2) is 28.9 Å². The molecule has 0 radical (unpaired) electrons. The number of hydrogen-bond donors (Lipinski definition) is 1. The van der Waals surface area contributed by atoms with Crippen LogP contribution in [0.5, 0.6) is 0 Å². The molecule has 1 saturated heterocycles. The van der Waals surface area contributed by atoms with E-state index in [-0.39, 0.29) is 5.91 Å². The Morgan fingerprint density at radius 3 is 2.91 bits per heavy atom. The van der Waals surface area contributed by atoms with Crippen molar-refractivity contribution in [1.29, 1.82) is 0 Å². The third-order valence-electron chi connectivity index (χ3n) is 3.52. The molecule has 0 bridgehead atoms. The van der Waals surface area contributed by atoms with Gasteiger partial charge in [-0.15, -0.1) is 0 Å². The summed E-state index contributed by atoms with van der Waals surface area (Å²) in [4.78, 5) is 18.5. The van der Waals surface area contributed by atoms with Gasteiger partial charge in [0.05, 0.1) is 10.0 Å². The molecule has 0 aliphatic carbocycles. The van der Waals surface area contributed by atoms with Crippen LogP contribution in [0.25, 0.3) is 11.5 Å². The molecule has 1 aliphatic heterocycles. The largest absolute Gasteiger partial charge is 0.444 e. The second kappa shape index (κ2) is 6.69. The van der Waals surface area contributed by atoms with Crippen molar-refractivity contribution >= 4 is 29.1 Å². The van der Waals surface area contributed by atoms with Gasteiger partial charge in [0.1, 0.15) is 6.26 Å². The second-order valence-electron chi connectivity index (χ2n) is 5.06. The molecule has 1 N–H and O–H groups in total. The van der Waals surface area contributed by atoms with Gasteiger partial charge in [-0.2, -0.15) is 0 Å². The normalized spacial score (nSPS) is 15.6. The fourth-order valence-corrected chi connectivity index (χ4v) is 2.64. The second-order valence-corrected chi connectivity index (χ2v) is 5.88. The first-order valence-electron chi connectivity index (χ1n) is 7.06. The Morgan fingerprint density at radius 1 is 1.23 bits per heavy atom. The molecule has 3 rings (SSSR count). The number of aromatic nitrogens is 1. The highest BCUT2D eigenvalue weighted by molar-refractivity contribution is 6.42. The molecule has 1 fully saturated rings. The molecule has 1 aromatic carbocycles. The zero-order valence-corrected chi connectivity index (χ0v) is 13.3. The number of hydrogen-bond acceptors (Lipinski definition) is 4. The van der Waals surface area contributed by atoms with E-state index >= 15 is 0 Å². The molecular weight excluding hydrogens is 325 g/mol. The van der Waals surface area contributed by atoms with E-state index in [1.54, 1.807) is 23.1 Å². The van der Waals surface area contributed by atoms with Crippen molar-refractivity contribution in [2.24, 2.45) is 0 Å². The maximum atomic E-state index is 12.4. The van der Waals surface area contributed by atoms with E-state index in [9.17, 15) is 4.79 Å². The summed E-state index contributed by atoms with van der Waals surface area (Å²) in [7, 11) is 0. The zero-order chi connectivity index (χ0) is 15.5. The summed E-state index contributed by atoms with van der Waals surface area (Å²) in [6.07, 6.45) is 2.32. The lowest BCUT2D eigenvalue weighted by Crippen LogP contribution is -2.34. The van der Waals surface area contributed by atoms with Gasteiger partial charge >= 0.3 is 0 Å². The molecular formula is C15H15Cl2N3O2. The van der Waals surface area contributed by atoms with Crippen LogP contribution in [-0.2, 0) is 0 Å². The Balaban J connectivity index is 1.80. The van der Waals surface area contributed by atoms with E-state index in [0.29, 0.717) is 33.7 Å². The Kier molecular flexibility index (Phi) is 4.66. The first kappa shape index (κ1) is 15.3. The van der Waals surface area contributed by atoms with Gasteiger partial charge < -0.3 is 14.6 Å². The van der Waals surface area contributed by atoms with Crippen molar-refractivity contribution < 1.29 is 9.21 Å². The van der Waals surface area contributed by atoms with E-state index < -0.39 is 0 Å². The van der Waals surface area contributed by atoms with Crippen LogP contribution in [0.3, 0.4) is 0 Å². The van der Waals surface area contributed by atoms with Gasteiger partial charge in [0.25, 0.3) is 5.91 Å². The molecule has 5 nitrogen and oxygen atoms in total. The highest BCUT2D eigenvalue weighted by Crippen LogP contribution is 2.28. The number of nitrogens with zero attached hydrogens (tertiary/aromatic N) is 2. The highest BCUT2D eigenvalue weighted by atomic mass is 35.5. The number of rotatable bonds is 2. The fraction of sp³-hybridized carbons (Fsp3) is 0.333. The van der Waals surface area contributed by atoms with Gasteiger partial charge in [-0.05, 0) is 31.2 Å². The maximum absolute atomic E-state index is 12.4. The molecule has 0 saturated carbocycles. The molecule has 116 valence electrons. The molecule has 7 heteroatoms. The van der Waals surface area contributed by atoms with Crippen LogP contribution < -0.4 is 5.32 Å². The van der Waals surface area contributed by atoms with Crippen LogP contribution in [-0.4, -0.2) is 42.0 Å². The van der Waals surface area contributed by atoms with Gasteiger partial charge in [-0.1, -0.05) is 23.2 Å². The van der Waals surface area contributed by atoms with Crippen molar-refractivity contribution in [1.82, 2.24) is 15.2 Å². The average molecular weight is 340 g/mol. The predicted octanol–water partition coefficient (Wildman–Crippen LogP) is 3.08. The standard InChI is InChI=1S/C15H15Cl2N3O2/c16-11-3-2-10(8-12(11)17)14-19-13(9-22-14)15(21)20-6-1-4-18-5-7-20/h2-3,8-9,18H,1,4-7H2. The molecule has 0 atom stereocenters. The number of carbonyl (C=O) groups excluding carboxylic acids is 1. The lowest BCUT2D eigenvalue weighted by Gasteiger charge is -2.18. The molecule has 1 aromatic heterocycles. The van der Waals surface area contributed by atoms with Gasteiger partial charge in [0.2, 0.25) is 5.89 Å². The molecule has 0 unspecified atom stereocenters. The van der Waals surface area contributed by atoms with E-state index in [0.717, 1.165) is 26.1 Å². The van der Waals surface area contributed by atoms with Crippen molar-refractivity contribution in [2.45, 2.75) is 6.42 Å². The molecule has 22 heavy (non-hydrogen) atoms. The van der Waals surface area contributed by atoms with E-state index in [1.807, 2.05) is 0 Å². The predicted molar refractivity (Wildman–Crippen MR) is 85.3 cm³/mol. The number of halogens is 2. The lowest BCUT2D eigenvalue weighted by atomic mass is 10.2. The molecule has 1 aliphatic rings. The Morgan fingerprint density at radius 2 is 2.09 bits per heavy atom. The first-order chi connectivity index (χ1) is 10.6. The highest BCUT2D eigenvalue weighted by Gasteiger charge is 2.21. The summed E-state index contributed by atoms with van der Waals surface area (Å²) in [5, 5.41) is 4.14. The Labute approximate surface area is 138 Å². The van der Waals surface area contributed by atoms with Crippen LogP contribution >= 0.6 is 23.2 Å². The van der Waals surface area contributed by atoms with Gasteiger partial charge in [-0.25, -0.2) is 4.98 Å². The van der Waals surface area contributed by atoms with Gasteiger partial charge in [0, 0.05) is 25.2 Å². The maximum Gasteiger partial charge on any atom is 0.275 e. The minimum Gasteiger partial charge on any atom is -0.444 e. The third-order valence-corrected chi connectivity index (χ3v) is 4.26. The summed E-state index contributed by atoms with van der Waals surface area (Å²) < 4.78 is 5.41. The van der Waals surface area contributed by atoms with E-state index in [2.05, 4.69) is 10.3 Å². The van der Waals surface area contributed by atoms with Gasteiger partial charge in [-0.3, -0.25) is 4.79 Å². The van der Waals surface area contributed by atoms with Crippen molar-refractivity contribution in [3.05, 3.63) is 40.2 Å². The van der Waals surface area contributed by atoms with Crippen molar-refractivity contribution in [2.75, 3.05) is 26.2 Å². The minimum absolute atomic E-state index is 0.112.